The number of para-hydroxylation sites is 1. The van der Waals surface area contributed by atoms with E-state index in [2.05, 4.69) is 60.4 Å². The van der Waals surface area contributed by atoms with Crippen LogP contribution in [0.3, 0.4) is 0 Å². The van der Waals surface area contributed by atoms with Gasteiger partial charge in [-0.3, -0.25) is 0 Å². The Balaban J connectivity index is 1.56. The molecule has 138 valence electrons. The first kappa shape index (κ1) is 17.8. The van der Waals surface area contributed by atoms with Gasteiger partial charge in [0, 0.05) is 24.8 Å². The van der Waals surface area contributed by atoms with Crippen molar-refractivity contribution in [2.24, 2.45) is 17.8 Å². The molecule has 1 aromatic rings. The van der Waals surface area contributed by atoms with Gasteiger partial charge in [0.25, 0.3) is 0 Å². The molecule has 2 saturated heterocycles. The molecule has 1 aliphatic carbocycles. The van der Waals surface area contributed by atoms with E-state index >= 15 is 0 Å². The standard InChI is InChI=1S/C21H33N2OP/c1-16(2)20-12-11-17(3)14-21(20)24-25-22-13-7-10-19(22)15-23(25)18-8-5-4-6-9-18/h4-6,8-9,16-17,19-21H,7,10-15H2,1-3H3/t17-,19+,20+,21-,25?/m1/s1. The van der Waals surface area contributed by atoms with Gasteiger partial charge >= 0.3 is 0 Å². The highest BCUT2D eigenvalue weighted by Crippen LogP contribution is 2.59. The van der Waals surface area contributed by atoms with Gasteiger partial charge in [0.2, 0.25) is 8.45 Å². The van der Waals surface area contributed by atoms with Crippen LogP contribution in [-0.4, -0.2) is 29.9 Å². The molecule has 3 fully saturated rings. The quantitative estimate of drug-likeness (QED) is 0.643. The number of fused-ring (bicyclic) bond motifs is 1. The van der Waals surface area contributed by atoms with E-state index in [1.54, 1.807) is 0 Å². The second-order valence-corrected chi connectivity index (χ2v) is 10.3. The minimum atomic E-state index is -0.652. The fraction of sp³-hybridized carbons (Fsp3) is 0.714. The van der Waals surface area contributed by atoms with E-state index in [1.807, 2.05) is 0 Å². The SMILES string of the molecule is CC(C)[C@@H]1CC[C@@H](C)C[C@H]1OP1N(c2ccccc2)C[C@@H]2CCCN21. The summed E-state index contributed by atoms with van der Waals surface area (Å²) in [6.07, 6.45) is 7.05. The maximum Gasteiger partial charge on any atom is 0.218 e. The van der Waals surface area contributed by atoms with Gasteiger partial charge in [-0.05, 0) is 55.6 Å². The zero-order valence-electron chi connectivity index (χ0n) is 16.0. The van der Waals surface area contributed by atoms with Gasteiger partial charge in [0.15, 0.2) is 0 Å². The minimum Gasteiger partial charge on any atom is -0.323 e. The molecule has 1 aromatic carbocycles. The Hall–Kier alpha value is -0.630. The molecule has 2 aliphatic heterocycles. The zero-order chi connectivity index (χ0) is 17.4. The van der Waals surface area contributed by atoms with Crippen molar-refractivity contribution in [3.63, 3.8) is 0 Å². The Bertz CT molecular complexity index is 566. The van der Waals surface area contributed by atoms with Crippen LogP contribution in [0, 0.1) is 17.8 Å². The molecule has 0 spiro atoms. The van der Waals surface area contributed by atoms with E-state index in [4.69, 9.17) is 4.52 Å². The lowest BCUT2D eigenvalue weighted by molar-refractivity contribution is 0.0504. The molecule has 0 bridgehead atoms. The van der Waals surface area contributed by atoms with Crippen LogP contribution in [0.15, 0.2) is 30.3 Å². The first-order chi connectivity index (χ1) is 12.1. The molecule has 0 radical (unpaired) electrons. The van der Waals surface area contributed by atoms with E-state index in [0.717, 1.165) is 24.3 Å². The van der Waals surface area contributed by atoms with Gasteiger partial charge in [0.05, 0.1) is 6.10 Å². The Labute approximate surface area is 154 Å². The summed E-state index contributed by atoms with van der Waals surface area (Å²) in [6.45, 7) is 9.53. The van der Waals surface area contributed by atoms with Crippen molar-refractivity contribution in [3.05, 3.63) is 30.3 Å². The molecule has 4 heteroatoms. The number of hydrogen-bond acceptors (Lipinski definition) is 3. The first-order valence-corrected chi connectivity index (χ1v) is 11.4. The number of hydrogen-bond donors (Lipinski definition) is 0. The predicted molar refractivity (Wildman–Crippen MR) is 107 cm³/mol. The lowest BCUT2D eigenvalue weighted by atomic mass is 9.75. The minimum absolute atomic E-state index is 0.431. The summed E-state index contributed by atoms with van der Waals surface area (Å²) in [4.78, 5) is 0. The van der Waals surface area contributed by atoms with Crippen LogP contribution in [0.2, 0.25) is 0 Å². The summed E-state index contributed by atoms with van der Waals surface area (Å²) in [5.74, 6) is 2.24. The van der Waals surface area contributed by atoms with Gasteiger partial charge < -0.3 is 9.19 Å². The Morgan fingerprint density at radius 1 is 1.12 bits per heavy atom. The van der Waals surface area contributed by atoms with Gasteiger partial charge in [-0.15, -0.1) is 0 Å². The van der Waals surface area contributed by atoms with Gasteiger partial charge in [-0.2, -0.15) is 0 Å². The molecule has 0 N–H and O–H groups in total. The molecule has 5 atom stereocenters. The molecule has 1 unspecified atom stereocenters. The molecular weight excluding hydrogens is 327 g/mol. The number of rotatable bonds is 4. The van der Waals surface area contributed by atoms with Crippen LogP contribution in [-0.2, 0) is 4.52 Å². The second-order valence-electron chi connectivity index (χ2n) is 8.60. The Morgan fingerprint density at radius 2 is 1.92 bits per heavy atom. The fourth-order valence-corrected chi connectivity index (χ4v) is 7.35. The van der Waals surface area contributed by atoms with E-state index in [-0.39, 0.29) is 0 Å². The summed E-state index contributed by atoms with van der Waals surface area (Å²) in [7, 11) is -0.652. The highest BCUT2D eigenvalue weighted by molar-refractivity contribution is 7.52. The zero-order valence-corrected chi connectivity index (χ0v) is 16.9. The maximum absolute atomic E-state index is 6.99. The highest BCUT2D eigenvalue weighted by Gasteiger charge is 2.46. The van der Waals surface area contributed by atoms with Gasteiger partial charge in [-0.25, -0.2) is 4.67 Å². The summed E-state index contributed by atoms with van der Waals surface area (Å²) in [6, 6.07) is 11.6. The smallest absolute Gasteiger partial charge is 0.218 e. The molecule has 4 rings (SSSR count). The molecule has 3 aliphatic rings. The van der Waals surface area contributed by atoms with E-state index < -0.39 is 8.45 Å². The van der Waals surface area contributed by atoms with Crippen LogP contribution in [0.4, 0.5) is 5.69 Å². The van der Waals surface area contributed by atoms with Crippen molar-refractivity contribution in [2.75, 3.05) is 17.8 Å². The fourth-order valence-electron chi connectivity index (χ4n) is 4.92. The number of anilines is 1. The van der Waals surface area contributed by atoms with Crippen LogP contribution >= 0.6 is 8.45 Å². The molecule has 3 nitrogen and oxygen atoms in total. The predicted octanol–water partition coefficient (Wildman–Crippen LogP) is 5.68. The topological polar surface area (TPSA) is 15.7 Å². The van der Waals surface area contributed by atoms with Crippen molar-refractivity contribution in [1.29, 1.82) is 0 Å². The molecule has 1 saturated carbocycles. The third-order valence-electron chi connectivity index (χ3n) is 6.40. The summed E-state index contributed by atoms with van der Waals surface area (Å²) < 4.78 is 12.3. The van der Waals surface area contributed by atoms with E-state index in [0.29, 0.717) is 12.1 Å². The van der Waals surface area contributed by atoms with Crippen molar-refractivity contribution in [3.8, 4) is 0 Å². The normalized spacial score (nSPS) is 36.2. The molecule has 2 heterocycles. The lowest BCUT2D eigenvalue weighted by Gasteiger charge is -2.41. The van der Waals surface area contributed by atoms with Crippen molar-refractivity contribution < 1.29 is 4.52 Å². The molecule has 0 amide bonds. The lowest BCUT2D eigenvalue weighted by Crippen LogP contribution is -2.35. The van der Waals surface area contributed by atoms with Crippen LogP contribution in [0.1, 0.15) is 52.9 Å². The molecule has 25 heavy (non-hydrogen) atoms. The van der Waals surface area contributed by atoms with Gasteiger partial charge in [-0.1, -0.05) is 45.4 Å². The van der Waals surface area contributed by atoms with Crippen LogP contribution in [0.5, 0.6) is 0 Å². The van der Waals surface area contributed by atoms with Gasteiger partial charge in [0.1, 0.15) is 0 Å². The Morgan fingerprint density at radius 3 is 2.68 bits per heavy atom. The van der Waals surface area contributed by atoms with Crippen molar-refractivity contribution >= 4 is 14.1 Å². The monoisotopic (exact) mass is 360 g/mol. The number of benzene rings is 1. The van der Waals surface area contributed by atoms with Crippen LogP contribution < -0.4 is 4.67 Å². The highest BCUT2D eigenvalue weighted by atomic mass is 31.2. The molecule has 0 aromatic heterocycles. The van der Waals surface area contributed by atoms with E-state index in [1.165, 1.54) is 44.3 Å². The summed E-state index contributed by atoms with van der Waals surface area (Å²) in [5, 5.41) is 0. The third-order valence-corrected chi connectivity index (χ3v) is 8.63. The average Bonchev–Trinajstić information content (AvgIpc) is 3.18. The first-order valence-electron chi connectivity index (χ1n) is 10.2. The second kappa shape index (κ2) is 7.55. The molecular formula is C21H33N2OP. The van der Waals surface area contributed by atoms with Crippen LogP contribution in [0.25, 0.3) is 0 Å². The number of nitrogens with zero attached hydrogens (tertiary/aromatic N) is 2. The maximum atomic E-state index is 6.99. The Kier molecular flexibility index (Phi) is 5.36. The van der Waals surface area contributed by atoms with Crippen molar-refractivity contribution in [2.45, 2.75) is 65.0 Å². The van der Waals surface area contributed by atoms with Crippen molar-refractivity contribution in [1.82, 2.24) is 4.67 Å². The summed E-state index contributed by atoms with van der Waals surface area (Å²) >= 11 is 0. The largest absolute Gasteiger partial charge is 0.323 e. The summed E-state index contributed by atoms with van der Waals surface area (Å²) in [5.41, 5.74) is 1.34. The van der Waals surface area contributed by atoms with E-state index in [9.17, 15) is 0 Å². The average molecular weight is 360 g/mol. The third kappa shape index (κ3) is 3.61.